The van der Waals surface area contributed by atoms with Gasteiger partial charge in [0, 0.05) is 23.5 Å². The predicted octanol–water partition coefficient (Wildman–Crippen LogP) is 3.47. The van der Waals surface area contributed by atoms with Crippen molar-refractivity contribution in [3.63, 3.8) is 0 Å². The molecule has 0 spiro atoms. The molecule has 2 rings (SSSR count). The number of nitrogens with zero attached hydrogens (tertiary/aromatic N) is 1. The fraction of sp³-hybridized carbons (Fsp3) is 0.438. The molecule has 0 saturated heterocycles. The van der Waals surface area contributed by atoms with Crippen molar-refractivity contribution in [2.24, 2.45) is 0 Å². The van der Waals surface area contributed by atoms with Crippen molar-refractivity contribution < 1.29 is 0 Å². The third kappa shape index (κ3) is 2.88. The highest BCUT2D eigenvalue weighted by Gasteiger charge is 2.10. The molecule has 0 amide bonds. The van der Waals surface area contributed by atoms with Crippen molar-refractivity contribution in [3.05, 3.63) is 41.6 Å². The molecule has 0 radical (unpaired) electrons. The molecule has 1 unspecified atom stereocenters. The third-order valence-electron chi connectivity index (χ3n) is 3.50. The molecule has 1 aromatic heterocycles. The Morgan fingerprint density at radius 2 is 2.06 bits per heavy atom. The molecule has 0 aliphatic heterocycles. The first-order valence-corrected chi connectivity index (χ1v) is 6.77. The monoisotopic (exact) mass is 242 g/mol. The van der Waals surface area contributed by atoms with Crippen LogP contribution < -0.4 is 5.32 Å². The summed E-state index contributed by atoms with van der Waals surface area (Å²) in [6, 6.07) is 11.1. The predicted molar refractivity (Wildman–Crippen MR) is 77.9 cm³/mol. The van der Waals surface area contributed by atoms with E-state index in [9.17, 15) is 0 Å². The van der Waals surface area contributed by atoms with Crippen molar-refractivity contribution >= 4 is 10.9 Å². The lowest BCUT2D eigenvalue weighted by Crippen LogP contribution is -2.28. The van der Waals surface area contributed by atoms with Crippen molar-refractivity contribution in [1.82, 2.24) is 10.3 Å². The molecule has 0 fully saturated rings. The smallest absolute Gasteiger partial charge is 0.0705 e. The van der Waals surface area contributed by atoms with Crippen LogP contribution in [0.15, 0.2) is 30.3 Å². The Hall–Kier alpha value is -1.41. The van der Waals surface area contributed by atoms with E-state index in [1.54, 1.807) is 0 Å². The highest BCUT2D eigenvalue weighted by atomic mass is 14.9. The molecular formula is C16H22N2. The molecule has 1 atom stereocenters. The zero-order chi connectivity index (χ0) is 13.0. The molecule has 0 aliphatic carbocycles. The van der Waals surface area contributed by atoms with Crippen LogP contribution in [0.1, 0.15) is 31.0 Å². The number of nitrogens with one attached hydrogen (secondary N) is 1. The Bertz CT molecular complexity index is 519. The van der Waals surface area contributed by atoms with Crippen molar-refractivity contribution in [3.8, 4) is 0 Å². The number of hydrogen-bond donors (Lipinski definition) is 1. The van der Waals surface area contributed by atoms with E-state index in [1.165, 1.54) is 29.5 Å². The maximum atomic E-state index is 4.80. The molecule has 96 valence electrons. The van der Waals surface area contributed by atoms with Crippen LogP contribution in [0, 0.1) is 6.92 Å². The summed E-state index contributed by atoms with van der Waals surface area (Å²) < 4.78 is 0. The number of aryl methyl sites for hydroxylation is 1. The minimum Gasteiger partial charge on any atom is -0.317 e. The van der Waals surface area contributed by atoms with E-state index in [0.717, 1.165) is 11.9 Å². The van der Waals surface area contributed by atoms with Gasteiger partial charge in [0.25, 0.3) is 0 Å². The molecule has 0 bridgehead atoms. The number of benzene rings is 1. The van der Waals surface area contributed by atoms with Crippen LogP contribution in [0.5, 0.6) is 0 Å². The summed E-state index contributed by atoms with van der Waals surface area (Å²) in [5, 5.41) is 4.62. The number of hydrogen-bond acceptors (Lipinski definition) is 2. The van der Waals surface area contributed by atoms with Gasteiger partial charge in [-0.2, -0.15) is 0 Å². The zero-order valence-corrected chi connectivity index (χ0v) is 11.5. The fourth-order valence-corrected chi connectivity index (χ4v) is 2.40. The van der Waals surface area contributed by atoms with E-state index in [0.29, 0.717) is 6.04 Å². The number of rotatable bonds is 5. The standard InChI is InChI=1S/C16H22N2/c1-4-7-14(17-3)11-16-12(2)10-13-8-5-6-9-15(13)18-16/h5-6,8-10,14,17H,4,7,11H2,1-3H3. The first kappa shape index (κ1) is 13.0. The summed E-state index contributed by atoms with van der Waals surface area (Å²) in [6.45, 7) is 4.39. The summed E-state index contributed by atoms with van der Waals surface area (Å²) >= 11 is 0. The molecule has 2 heteroatoms. The summed E-state index contributed by atoms with van der Waals surface area (Å²) in [6.07, 6.45) is 3.42. The normalized spacial score (nSPS) is 12.8. The lowest BCUT2D eigenvalue weighted by atomic mass is 10.0. The van der Waals surface area contributed by atoms with Crippen LogP contribution in [-0.4, -0.2) is 18.1 Å². The van der Waals surface area contributed by atoms with Gasteiger partial charge in [0.2, 0.25) is 0 Å². The van der Waals surface area contributed by atoms with Gasteiger partial charge in [-0.3, -0.25) is 4.98 Å². The van der Waals surface area contributed by atoms with Gasteiger partial charge in [-0.1, -0.05) is 31.5 Å². The van der Waals surface area contributed by atoms with Crippen molar-refractivity contribution in [2.75, 3.05) is 7.05 Å². The molecule has 2 aromatic rings. The highest BCUT2D eigenvalue weighted by molar-refractivity contribution is 5.79. The fourth-order valence-electron chi connectivity index (χ4n) is 2.40. The third-order valence-corrected chi connectivity index (χ3v) is 3.50. The lowest BCUT2D eigenvalue weighted by molar-refractivity contribution is 0.508. The van der Waals surface area contributed by atoms with Gasteiger partial charge in [0.05, 0.1) is 5.52 Å². The molecule has 0 saturated carbocycles. The largest absolute Gasteiger partial charge is 0.317 e. The van der Waals surface area contributed by atoms with E-state index in [2.05, 4.69) is 49.5 Å². The van der Waals surface area contributed by atoms with Gasteiger partial charge in [-0.15, -0.1) is 0 Å². The van der Waals surface area contributed by atoms with Crippen LogP contribution >= 0.6 is 0 Å². The second kappa shape index (κ2) is 5.96. The van der Waals surface area contributed by atoms with E-state index < -0.39 is 0 Å². The van der Waals surface area contributed by atoms with Crippen molar-refractivity contribution in [1.29, 1.82) is 0 Å². The first-order chi connectivity index (χ1) is 8.74. The Morgan fingerprint density at radius 3 is 2.78 bits per heavy atom. The molecule has 1 aromatic carbocycles. The molecule has 1 heterocycles. The van der Waals surface area contributed by atoms with Crippen molar-refractivity contribution in [2.45, 2.75) is 39.2 Å². The van der Waals surface area contributed by atoms with Crippen LogP contribution in [0.25, 0.3) is 10.9 Å². The summed E-state index contributed by atoms with van der Waals surface area (Å²) in [7, 11) is 2.04. The van der Waals surface area contributed by atoms with Crippen LogP contribution in [0.3, 0.4) is 0 Å². The quantitative estimate of drug-likeness (QED) is 0.868. The lowest BCUT2D eigenvalue weighted by Gasteiger charge is -2.16. The second-order valence-electron chi connectivity index (χ2n) is 4.92. The van der Waals surface area contributed by atoms with Gasteiger partial charge in [-0.05, 0) is 38.1 Å². The number of likely N-dealkylation sites (N-methyl/N-ethyl adjacent to an activating group) is 1. The van der Waals surface area contributed by atoms with Crippen LogP contribution in [0.2, 0.25) is 0 Å². The Balaban J connectivity index is 2.29. The SMILES string of the molecule is CCCC(Cc1nc2ccccc2cc1C)NC. The topological polar surface area (TPSA) is 24.9 Å². The number of para-hydroxylation sites is 1. The number of fused-ring (bicyclic) bond motifs is 1. The second-order valence-corrected chi connectivity index (χ2v) is 4.92. The molecule has 0 aliphatic rings. The van der Waals surface area contributed by atoms with Gasteiger partial charge < -0.3 is 5.32 Å². The van der Waals surface area contributed by atoms with Crippen LogP contribution in [0.4, 0.5) is 0 Å². The zero-order valence-electron chi connectivity index (χ0n) is 11.5. The molecule has 1 N–H and O–H groups in total. The average molecular weight is 242 g/mol. The summed E-state index contributed by atoms with van der Waals surface area (Å²) in [4.78, 5) is 4.80. The van der Waals surface area contributed by atoms with Crippen LogP contribution in [-0.2, 0) is 6.42 Å². The maximum absolute atomic E-state index is 4.80. The number of aromatic nitrogens is 1. The molecule has 18 heavy (non-hydrogen) atoms. The van der Waals surface area contributed by atoms with E-state index in [-0.39, 0.29) is 0 Å². The van der Waals surface area contributed by atoms with E-state index in [1.807, 2.05) is 7.05 Å². The van der Waals surface area contributed by atoms with Gasteiger partial charge >= 0.3 is 0 Å². The highest BCUT2D eigenvalue weighted by Crippen LogP contribution is 2.17. The average Bonchev–Trinajstić information content (AvgIpc) is 2.39. The Morgan fingerprint density at radius 1 is 1.28 bits per heavy atom. The minimum atomic E-state index is 0.530. The molecular weight excluding hydrogens is 220 g/mol. The summed E-state index contributed by atoms with van der Waals surface area (Å²) in [5.74, 6) is 0. The van der Waals surface area contributed by atoms with Gasteiger partial charge in [0.1, 0.15) is 0 Å². The maximum Gasteiger partial charge on any atom is 0.0705 e. The van der Waals surface area contributed by atoms with Gasteiger partial charge in [-0.25, -0.2) is 0 Å². The minimum absolute atomic E-state index is 0.530. The van der Waals surface area contributed by atoms with Gasteiger partial charge in [0.15, 0.2) is 0 Å². The Labute approximate surface area is 109 Å². The van der Waals surface area contributed by atoms with E-state index in [4.69, 9.17) is 4.98 Å². The first-order valence-electron chi connectivity index (χ1n) is 6.77. The summed E-state index contributed by atoms with van der Waals surface area (Å²) in [5.41, 5.74) is 3.62. The van der Waals surface area contributed by atoms with E-state index >= 15 is 0 Å². The number of pyridine rings is 1. The molecule has 2 nitrogen and oxygen atoms in total. The Kier molecular flexibility index (Phi) is 4.32.